The molecule has 0 radical (unpaired) electrons. The fourth-order valence-electron chi connectivity index (χ4n) is 2.65. The second-order valence-electron chi connectivity index (χ2n) is 5.36. The van der Waals surface area contributed by atoms with Gasteiger partial charge in [0.2, 0.25) is 0 Å². The Hall–Kier alpha value is -1.51. The van der Waals surface area contributed by atoms with E-state index in [-0.39, 0.29) is 6.04 Å². The van der Waals surface area contributed by atoms with Crippen LogP contribution in [0.2, 0.25) is 5.02 Å². The van der Waals surface area contributed by atoms with Crippen molar-refractivity contribution in [3.8, 4) is 0 Å². The lowest BCUT2D eigenvalue weighted by Crippen LogP contribution is -2.25. The van der Waals surface area contributed by atoms with E-state index >= 15 is 0 Å². The van der Waals surface area contributed by atoms with Crippen LogP contribution in [0.5, 0.6) is 0 Å². The normalized spacial score (nSPS) is 12.2. The Bertz CT molecular complexity index is 583. The van der Waals surface area contributed by atoms with Gasteiger partial charge >= 0.3 is 0 Å². The van der Waals surface area contributed by atoms with Crippen molar-refractivity contribution in [1.29, 1.82) is 0 Å². The van der Waals surface area contributed by atoms with Gasteiger partial charge in [-0.1, -0.05) is 48.0 Å². The summed E-state index contributed by atoms with van der Waals surface area (Å²) >= 11 is 6.30. The molecular formula is C18H23ClN2. The highest BCUT2D eigenvalue weighted by Gasteiger charge is 2.13. The Kier molecular flexibility index (Phi) is 5.66. The van der Waals surface area contributed by atoms with Crippen molar-refractivity contribution < 1.29 is 0 Å². The molecule has 0 aliphatic carbocycles. The molecular weight excluding hydrogens is 280 g/mol. The van der Waals surface area contributed by atoms with Gasteiger partial charge in [0.05, 0.1) is 0 Å². The number of halogens is 1. The molecule has 0 fully saturated rings. The van der Waals surface area contributed by atoms with E-state index in [1.54, 1.807) is 0 Å². The maximum Gasteiger partial charge on any atom is 0.0453 e. The summed E-state index contributed by atoms with van der Waals surface area (Å²) < 4.78 is 0. The van der Waals surface area contributed by atoms with E-state index in [1.807, 2.05) is 25.2 Å². The molecule has 2 aromatic rings. The van der Waals surface area contributed by atoms with Crippen LogP contribution < -0.4 is 10.2 Å². The van der Waals surface area contributed by atoms with Gasteiger partial charge in [-0.25, -0.2) is 0 Å². The standard InChI is InChI=1S/C18H23ClN2/c1-14-8-4-7-11-18(14)21(3)13-12-17(20-2)15-9-5-6-10-16(15)19/h4-11,17,20H,12-13H2,1-3H3. The highest BCUT2D eigenvalue weighted by Crippen LogP contribution is 2.26. The summed E-state index contributed by atoms with van der Waals surface area (Å²) in [5.41, 5.74) is 3.75. The third-order valence-corrected chi connectivity index (χ3v) is 4.25. The predicted octanol–water partition coefficient (Wildman–Crippen LogP) is 4.44. The van der Waals surface area contributed by atoms with E-state index in [0.29, 0.717) is 0 Å². The summed E-state index contributed by atoms with van der Waals surface area (Å²) in [5, 5.41) is 4.20. The summed E-state index contributed by atoms with van der Waals surface area (Å²) in [7, 11) is 4.13. The van der Waals surface area contributed by atoms with Crippen molar-refractivity contribution >= 4 is 17.3 Å². The Balaban J connectivity index is 2.04. The van der Waals surface area contributed by atoms with Gasteiger partial charge in [-0.2, -0.15) is 0 Å². The number of anilines is 1. The molecule has 0 aliphatic heterocycles. The minimum Gasteiger partial charge on any atom is -0.374 e. The second-order valence-corrected chi connectivity index (χ2v) is 5.77. The van der Waals surface area contributed by atoms with Crippen LogP contribution in [0.15, 0.2) is 48.5 Å². The topological polar surface area (TPSA) is 15.3 Å². The summed E-state index contributed by atoms with van der Waals surface area (Å²) in [6.45, 7) is 3.12. The van der Waals surface area contributed by atoms with Gasteiger partial charge in [-0.3, -0.25) is 0 Å². The van der Waals surface area contributed by atoms with Crippen molar-refractivity contribution in [2.45, 2.75) is 19.4 Å². The van der Waals surface area contributed by atoms with Gasteiger partial charge in [0.25, 0.3) is 0 Å². The zero-order valence-corrected chi connectivity index (χ0v) is 13.7. The molecule has 0 heterocycles. The van der Waals surface area contributed by atoms with Crippen molar-refractivity contribution in [1.82, 2.24) is 5.32 Å². The summed E-state index contributed by atoms with van der Waals surface area (Å²) in [6.07, 6.45) is 1.01. The summed E-state index contributed by atoms with van der Waals surface area (Å²) in [6, 6.07) is 16.8. The first kappa shape index (κ1) is 15.9. The third kappa shape index (κ3) is 3.99. The number of benzene rings is 2. The fraction of sp³-hybridized carbons (Fsp3) is 0.333. The molecule has 3 heteroatoms. The van der Waals surface area contributed by atoms with Crippen molar-refractivity contribution in [2.24, 2.45) is 0 Å². The van der Waals surface area contributed by atoms with Crippen LogP contribution >= 0.6 is 11.6 Å². The van der Waals surface area contributed by atoms with Crippen LogP contribution in [0.3, 0.4) is 0 Å². The number of nitrogens with zero attached hydrogens (tertiary/aromatic N) is 1. The van der Waals surface area contributed by atoms with Crippen LogP contribution in [0.25, 0.3) is 0 Å². The average Bonchev–Trinajstić information content (AvgIpc) is 2.49. The Labute approximate surface area is 132 Å². The Morgan fingerprint density at radius 1 is 1.10 bits per heavy atom. The predicted molar refractivity (Wildman–Crippen MR) is 92.3 cm³/mol. The number of hydrogen-bond donors (Lipinski definition) is 1. The van der Waals surface area contributed by atoms with Crippen LogP contribution in [0.1, 0.15) is 23.6 Å². The first-order valence-electron chi connectivity index (χ1n) is 7.32. The first-order valence-corrected chi connectivity index (χ1v) is 7.69. The molecule has 1 N–H and O–H groups in total. The number of hydrogen-bond acceptors (Lipinski definition) is 2. The van der Waals surface area contributed by atoms with Gasteiger partial charge in [0.15, 0.2) is 0 Å². The van der Waals surface area contributed by atoms with Gasteiger partial charge in [0.1, 0.15) is 0 Å². The highest BCUT2D eigenvalue weighted by molar-refractivity contribution is 6.31. The van der Waals surface area contributed by atoms with Crippen LogP contribution in [-0.2, 0) is 0 Å². The zero-order chi connectivity index (χ0) is 15.2. The molecule has 2 nitrogen and oxygen atoms in total. The van der Waals surface area contributed by atoms with Crippen LogP contribution in [0, 0.1) is 6.92 Å². The van der Waals surface area contributed by atoms with Crippen molar-refractivity contribution in [3.63, 3.8) is 0 Å². The molecule has 1 unspecified atom stereocenters. The minimum absolute atomic E-state index is 0.269. The molecule has 1 atom stereocenters. The molecule has 2 rings (SSSR count). The molecule has 0 saturated carbocycles. The fourth-order valence-corrected chi connectivity index (χ4v) is 2.92. The lowest BCUT2D eigenvalue weighted by atomic mass is 10.0. The van der Waals surface area contributed by atoms with E-state index in [2.05, 4.69) is 54.5 Å². The van der Waals surface area contributed by atoms with E-state index in [9.17, 15) is 0 Å². The average molecular weight is 303 g/mol. The summed E-state index contributed by atoms with van der Waals surface area (Å²) in [5.74, 6) is 0. The molecule has 2 aromatic carbocycles. The van der Waals surface area contributed by atoms with Crippen LogP contribution in [-0.4, -0.2) is 20.6 Å². The Morgan fingerprint density at radius 3 is 2.43 bits per heavy atom. The molecule has 21 heavy (non-hydrogen) atoms. The van der Waals surface area contributed by atoms with Gasteiger partial charge in [-0.15, -0.1) is 0 Å². The largest absolute Gasteiger partial charge is 0.374 e. The Morgan fingerprint density at radius 2 is 1.76 bits per heavy atom. The first-order chi connectivity index (χ1) is 10.1. The number of para-hydroxylation sites is 1. The minimum atomic E-state index is 0.269. The van der Waals surface area contributed by atoms with Gasteiger partial charge in [-0.05, 0) is 43.7 Å². The van der Waals surface area contributed by atoms with E-state index < -0.39 is 0 Å². The highest BCUT2D eigenvalue weighted by atomic mass is 35.5. The van der Waals surface area contributed by atoms with Gasteiger partial charge in [0, 0.05) is 30.3 Å². The van der Waals surface area contributed by atoms with E-state index in [4.69, 9.17) is 11.6 Å². The monoisotopic (exact) mass is 302 g/mol. The van der Waals surface area contributed by atoms with Crippen LogP contribution in [0.4, 0.5) is 5.69 Å². The molecule has 0 bridgehead atoms. The molecule has 112 valence electrons. The second kappa shape index (κ2) is 7.48. The van der Waals surface area contributed by atoms with Crippen molar-refractivity contribution in [2.75, 3.05) is 25.5 Å². The summed E-state index contributed by atoms with van der Waals surface area (Å²) in [4.78, 5) is 2.30. The smallest absolute Gasteiger partial charge is 0.0453 e. The number of aryl methyl sites for hydroxylation is 1. The maximum absolute atomic E-state index is 6.30. The molecule has 0 aliphatic rings. The molecule has 0 aromatic heterocycles. The maximum atomic E-state index is 6.30. The van der Waals surface area contributed by atoms with Crippen molar-refractivity contribution in [3.05, 3.63) is 64.7 Å². The number of nitrogens with one attached hydrogen (secondary N) is 1. The molecule has 0 spiro atoms. The lowest BCUT2D eigenvalue weighted by Gasteiger charge is -2.25. The van der Waals surface area contributed by atoms with E-state index in [0.717, 1.165) is 18.0 Å². The van der Waals surface area contributed by atoms with Gasteiger partial charge < -0.3 is 10.2 Å². The van der Waals surface area contributed by atoms with E-state index in [1.165, 1.54) is 16.8 Å². The molecule has 0 saturated heterocycles. The third-order valence-electron chi connectivity index (χ3n) is 3.91. The lowest BCUT2D eigenvalue weighted by molar-refractivity contribution is 0.549. The molecule has 0 amide bonds. The number of rotatable bonds is 6. The SMILES string of the molecule is CNC(CCN(C)c1ccccc1C)c1ccccc1Cl. The quantitative estimate of drug-likeness (QED) is 0.849. The zero-order valence-electron chi connectivity index (χ0n) is 12.9.